The lowest BCUT2D eigenvalue weighted by molar-refractivity contribution is 0.384. The van der Waals surface area contributed by atoms with E-state index in [1.807, 2.05) is 12.3 Å². The third-order valence-electron chi connectivity index (χ3n) is 3.74. The lowest BCUT2D eigenvalue weighted by atomic mass is 9.92. The first-order valence-electron chi connectivity index (χ1n) is 7.41. The standard InChI is InChI=1S/C16H23N3S/c1-16(2,3)9-14-18-13-5-4-7-17-15(13)19(14)10-12-6-8-20-11-12/h4-5,7,12H,6,8-11H2,1-3H3. The maximum atomic E-state index is 4.83. The van der Waals surface area contributed by atoms with Gasteiger partial charge in [0, 0.05) is 19.2 Å². The van der Waals surface area contributed by atoms with Crippen LogP contribution in [0.15, 0.2) is 18.3 Å². The molecule has 0 aliphatic carbocycles. The molecule has 0 amide bonds. The molecule has 3 nitrogen and oxygen atoms in total. The summed E-state index contributed by atoms with van der Waals surface area (Å²) >= 11 is 2.07. The largest absolute Gasteiger partial charge is 0.312 e. The lowest BCUT2D eigenvalue weighted by Crippen LogP contribution is -2.18. The minimum absolute atomic E-state index is 0.254. The van der Waals surface area contributed by atoms with Crippen LogP contribution in [0.25, 0.3) is 11.2 Å². The summed E-state index contributed by atoms with van der Waals surface area (Å²) in [5.74, 6) is 4.56. The zero-order valence-electron chi connectivity index (χ0n) is 12.6. The molecule has 0 N–H and O–H groups in total. The van der Waals surface area contributed by atoms with Crippen LogP contribution >= 0.6 is 11.8 Å². The van der Waals surface area contributed by atoms with E-state index < -0.39 is 0 Å². The first kappa shape index (κ1) is 13.9. The first-order valence-corrected chi connectivity index (χ1v) is 8.56. The van der Waals surface area contributed by atoms with Crippen molar-refractivity contribution in [3.05, 3.63) is 24.2 Å². The third kappa shape index (κ3) is 3.00. The third-order valence-corrected chi connectivity index (χ3v) is 4.97. The van der Waals surface area contributed by atoms with Crippen LogP contribution in [-0.4, -0.2) is 26.0 Å². The van der Waals surface area contributed by atoms with Gasteiger partial charge < -0.3 is 4.57 Å². The zero-order chi connectivity index (χ0) is 14.2. The van der Waals surface area contributed by atoms with Crippen LogP contribution in [-0.2, 0) is 13.0 Å². The highest BCUT2D eigenvalue weighted by atomic mass is 32.2. The summed E-state index contributed by atoms with van der Waals surface area (Å²) in [6, 6.07) is 4.06. The maximum absolute atomic E-state index is 4.83. The van der Waals surface area contributed by atoms with Gasteiger partial charge in [0.25, 0.3) is 0 Å². The topological polar surface area (TPSA) is 30.7 Å². The van der Waals surface area contributed by atoms with Crippen LogP contribution in [0.1, 0.15) is 33.0 Å². The number of imidazole rings is 1. The molecule has 0 radical (unpaired) electrons. The maximum Gasteiger partial charge on any atom is 0.159 e. The van der Waals surface area contributed by atoms with Gasteiger partial charge in [-0.1, -0.05) is 20.8 Å². The normalized spacial score (nSPS) is 19.9. The van der Waals surface area contributed by atoms with E-state index in [1.165, 1.54) is 23.8 Å². The molecule has 1 saturated heterocycles. The number of nitrogens with zero attached hydrogens (tertiary/aromatic N) is 3. The second-order valence-electron chi connectivity index (χ2n) is 6.95. The van der Waals surface area contributed by atoms with Crippen molar-refractivity contribution in [2.75, 3.05) is 11.5 Å². The zero-order valence-corrected chi connectivity index (χ0v) is 13.4. The second-order valence-corrected chi connectivity index (χ2v) is 8.10. The van der Waals surface area contributed by atoms with E-state index >= 15 is 0 Å². The van der Waals surface area contributed by atoms with Gasteiger partial charge in [0.15, 0.2) is 5.65 Å². The van der Waals surface area contributed by atoms with Gasteiger partial charge in [0.05, 0.1) is 0 Å². The SMILES string of the molecule is CC(C)(C)Cc1nc2cccnc2n1CC1CCSC1. The summed E-state index contributed by atoms with van der Waals surface area (Å²) in [5.41, 5.74) is 2.35. The van der Waals surface area contributed by atoms with Gasteiger partial charge in [0.1, 0.15) is 11.3 Å². The van der Waals surface area contributed by atoms with Crippen LogP contribution in [0.3, 0.4) is 0 Å². The van der Waals surface area contributed by atoms with E-state index in [0.29, 0.717) is 0 Å². The molecular weight excluding hydrogens is 266 g/mol. The minimum Gasteiger partial charge on any atom is -0.312 e. The van der Waals surface area contributed by atoms with Crippen molar-refractivity contribution >= 4 is 22.9 Å². The summed E-state index contributed by atoms with van der Waals surface area (Å²) < 4.78 is 2.37. The van der Waals surface area contributed by atoms with Gasteiger partial charge in [-0.15, -0.1) is 0 Å². The lowest BCUT2D eigenvalue weighted by Gasteiger charge is -2.20. The van der Waals surface area contributed by atoms with Crippen molar-refractivity contribution in [2.45, 2.75) is 40.2 Å². The molecule has 0 aromatic carbocycles. The molecule has 0 saturated carbocycles. The van der Waals surface area contributed by atoms with Gasteiger partial charge >= 0.3 is 0 Å². The Bertz CT molecular complexity index is 591. The van der Waals surface area contributed by atoms with Crippen LogP contribution in [0.2, 0.25) is 0 Å². The molecule has 2 aromatic heterocycles. The molecule has 1 aliphatic rings. The number of fused-ring (bicyclic) bond motifs is 1. The van der Waals surface area contributed by atoms with Crippen LogP contribution < -0.4 is 0 Å². The number of aromatic nitrogens is 3. The van der Waals surface area contributed by atoms with E-state index in [-0.39, 0.29) is 5.41 Å². The molecular formula is C16H23N3S. The fourth-order valence-electron chi connectivity index (χ4n) is 2.79. The van der Waals surface area contributed by atoms with Crippen LogP contribution in [0, 0.1) is 11.3 Å². The predicted octanol–water partition coefficient (Wildman–Crippen LogP) is 3.77. The molecule has 1 aliphatic heterocycles. The van der Waals surface area contributed by atoms with Gasteiger partial charge in [0.2, 0.25) is 0 Å². The van der Waals surface area contributed by atoms with Crippen molar-refractivity contribution in [3.8, 4) is 0 Å². The molecule has 20 heavy (non-hydrogen) atoms. The second kappa shape index (κ2) is 5.40. The van der Waals surface area contributed by atoms with Gasteiger partial charge in [-0.25, -0.2) is 9.97 Å². The molecule has 108 valence electrons. The Morgan fingerprint density at radius 2 is 2.25 bits per heavy atom. The summed E-state index contributed by atoms with van der Waals surface area (Å²) in [6.45, 7) is 7.90. The Morgan fingerprint density at radius 1 is 1.40 bits per heavy atom. The summed E-state index contributed by atoms with van der Waals surface area (Å²) in [6.07, 6.45) is 4.21. The van der Waals surface area contributed by atoms with Crippen molar-refractivity contribution in [2.24, 2.45) is 11.3 Å². The molecule has 4 heteroatoms. The van der Waals surface area contributed by atoms with Crippen LogP contribution in [0.4, 0.5) is 0 Å². The van der Waals surface area contributed by atoms with Gasteiger partial charge in [-0.2, -0.15) is 11.8 Å². The highest BCUT2D eigenvalue weighted by Gasteiger charge is 2.22. The highest BCUT2D eigenvalue weighted by Crippen LogP contribution is 2.28. The van der Waals surface area contributed by atoms with Crippen molar-refractivity contribution in [1.82, 2.24) is 14.5 Å². The Balaban J connectivity index is 1.98. The molecule has 3 heterocycles. The molecule has 1 fully saturated rings. The number of thioether (sulfide) groups is 1. The summed E-state index contributed by atoms with van der Waals surface area (Å²) in [7, 11) is 0. The Labute approximate surface area is 125 Å². The van der Waals surface area contributed by atoms with E-state index in [4.69, 9.17) is 4.98 Å². The van der Waals surface area contributed by atoms with E-state index in [0.717, 1.165) is 30.0 Å². The van der Waals surface area contributed by atoms with Crippen molar-refractivity contribution in [1.29, 1.82) is 0 Å². The van der Waals surface area contributed by atoms with Crippen LogP contribution in [0.5, 0.6) is 0 Å². The average molecular weight is 289 g/mol. The first-order chi connectivity index (χ1) is 9.53. The van der Waals surface area contributed by atoms with E-state index in [9.17, 15) is 0 Å². The van der Waals surface area contributed by atoms with Crippen molar-refractivity contribution < 1.29 is 0 Å². The monoisotopic (exact) mass is 289 g/mol. The van der Waals surface area contributed by atoms with E-state index in [2.05, 4.69) is 48.2 Å². The Kier molecular flexibility index (Phi) is 3.76. The molecule has 0 spiro atoms. The Morgan fingerprint density at radius 3 is 2.95 bits per heavy atom. The number of rotatable bonds is 3. The summed E-state index contributed by atoms with van der Waals surface area (Å²) in [4.78, 5) is 9.40. The quantitative estimate of drug-likeness (QED) is 0.861. The van der Waals surface area contributed by atoms with E-state index in [1.54, 1.807) is 0 Å². The summed E-state index contributed by atoms with van der Waals surface area (Å²) in [5, 5.41) is 0. The van der Waals surface area contributed by atoms with Crippen molar-refractivity contribution in [3.63, 3.8) is 0 Å². The molecule has 1 atom stereocenters. The molecule has 1 unspecified atom stereocenters. The number of pyridine rings is 1. The number of hydrogen-bond donors (Lipinski definition) is 0. The fraction of sp³-hybridized carbons (Fsp3) is 0.625. The Hall–Kier alpha value is -1.03. The minimum atomic E-state index is 0.254. The average Bonchev–Trinajstić information content (AvgIpc) is 2.97. The smallest absolute Gasteiger partial charge is 0.159 e. The molecule has 2 aromatic rings. The van der Waals surface area contributed by atoms with Gasteiger partial charge in [-0.3, -0.25) is 0 Å². The number of hydrogen-bond acceptors (Lipinski definition) is 3. The fourth-order valence-corrected chi connectivity index (χ4v) is 4.06. The highest BCUT2D eigenvalue weighted by molar-refractivity contribution is 7.99. The van der Waals surface area contributed by atoms with Gasteiger partial charge in [-0.05, 0) is 41.4 Å². The molecule has 3 rings (SSSR count). The molecule has 0 bridgehead atoms. The predicted molar refractivity (Wildman–Crippen MR) is 86.1 cm³/mol.